The number of carbonyl (C=O) groups is 1. The zero-order valence-corrected chi connectivity index (χ0v) is 15.9. The summed E-state index contributed by atoms with van der Waals surface area (Å²) in [7, 11) is 2.16. The Morgan fingerprint density at radius 1 is 1.24 bits per heavy atom. The highest BCUT2D eigenvalue weighted by atomic mass is 35.5. The molecule has 0 unspecified atom stereocenters. The lowest BCUT2D eigenvalue weighted by Gasteiger charge is -2.49. The van der Waals surface area contributed by atoms with E-state index in [0.717, 1.165) is 45.6 Å². The Morgan fingerprint density at radius 3 is 2.80 bits per heavy atom. The second kappa shape index (κ2) is 7.60. The summed E-state index contributed by atoms with van der Waals surface area (Å²) in [6.45, 7) is 6.87. The molecule has 0 radical (unpaired) electrons. The fourth-order valence-electron chi connectivity index (χ4n) is 4.16. The molecule has 2 aliphatic heterocycles. The van der Waals surface area contributed by atoms with Crippen LogP contribution < -0.4 is 0 Å². The van der Waals surface area contributed by atoms with Crippen molar-refractivity contribution in [1.29, 1.82) is 0 Å². The lowest BCUT2D eigenvalue weighted by atomic mass is 9.86. The summed E-state index contributed by atoms with van der Waals surface area (Å²) >= 11 is 5.92. The van der Waals surface area contributed by atoms with E-state index in [0.29, 0.717) is 18.5 Å². The first-order valence-corrected chi connectivity index (χ1v) is 9.47. The second-order valence-electron chi connectivity index (χ2n) is 7.29. The van der Waals surface area contributed by atoms with Gasteiger partial charge in [0.1, 0.15) is 5.82 Å². The van der Waals surface area contributed by atoms with Gasteiger partial charge in [0.15, 0.2) is 0 Å². The van der Waals surface area contributed by atoms with Gasteiger partial charge in [-0.3, -0.25) is 14.6 Å². The molecule has 1 atom stereocenters. The maximum absolute atomic E-state index is 14.3. The van der Waals surface area contributed by atoms with E-state index in [2.05, 4.69) is 16.8 Å². The Kier molecular flexibility index (Phi) is 5.66. The minimum Gasteiger partial charge on any atom is -0.343 e. The van der Waals surface area contributed by atoms with Crippen LogP contribution in [-0.2, 0) is 11.3 Å². The van der Waals surface area contributed by atoms with Crippen molar-refractivity contribution in [2.75, 3.05) is 39.8 Å². The number of likely N-dealkylation sites (N-methyl/N-ethyl adjacent to an activating group) is 1. The highest BCUT2D eigenvalue weighted by Crippen LogP contribution is 2.33. The van der Waals surface area contributed by atoms with Crippen molar-refractivity contribution in [3.63, 3.8) is 0 Å². The number of benzene rings is 1. The lowest BCUT2D eigenvalue weighted by Crippen LogP contribution is -2.60. The third-order valence-corrected chi connectivity index (χ3v) is 6.18. The number of hydrogen-bond donors (Lipinski definition) is 0. The van der Waals surface area contributed by atoms with Gasteiger partial charge >= 0.3 is 0 Å². The van der Waals surface area contributed by atoms with Gasteiger partial charge in [-0.25, -0.2) is 4.39 Å². The van der Waals surface area contributed by atoms with Crippen LogP contribution in [0.5, 0.6) is 0 Å². The summed E-state index contributed by atoms with van der Waals surface area (Å²) in [5.74, 6) is -0.0591. The topological polar surface area (TPSA) is 26.8 Å². The molecule has 2 fully saturated rings. The Balaban J connectivity index is 1.75. The Morgan fingerprint density at radius 2 is 2.04 bits per heavy atom. The van der Waals surface area contributed by atoms with Gasteiger partial charge in [-0.05, 0) is 32.9 Å². The predicted octanol–water partition coefficient (Wildman–Crippen LogP) is 3.00. The number of carbonyl (C=O) groups excluding carboxylic acids is 1. The number of nitrogens with zero attached hydrogens (tertiary/aromatic N) is 3. The van der Waals surface area contributed by atoms with E-state index >= 15 is 0 Å². The first-order chi connectivity index (χ1) is 11.9. The van der Waals surface area contributed by atoms with E-state index in [1.165, 1.54) is 0 Å². The number of likely N-dealkylation sites (tertiary alicyclic amines) is 1. The van der Waals surface area contributed by atoms with Gasteiger partial charge in [0.25, 0.3) is 0 Å². The largest absolute Gasteiger partial charge is 0.343 e. The molecule has 2 saturated heterocycles. The van der Waals surface area contributed by atoms with E-state index < -0.39 is 0 Å². The molecule has 0 saturated carbocycles. The number of halogens is 2. The maximum Gasteiger partial charge on any atom is 0.222 e. The van der Waals surface area contributed by atoms with Crippen molar-refractivity contribution in [3.8, 4) is 0 Å². The third kappa shape index (κ3) is 3.83. The van der Waals surface area contributed by atoms with E-state index in [4.69, 9.17) is 11.6 Å². The summed E-state index contributed by atoms with van der Waals surface area (Å²) in [6.07, 6.45) is 2.43. The SMILES string of the molecule is CCN1CC[C@]2(CCC1=O)CN(Cc1cccc(Cl)c1F)CCN2C. The molecule has 6 heteroatoms. The first-order valence-electron chi connectivity index (χ1n) is 9.09. The minimum absolute atomic E-state index is 0.00706. The molecular weight excluding hydrogens is 341 g/mol. The van der Waals surface area contributed by atoms with Crippen molar-refractivity contribution in [2.45, 2.75) is 38.3 Å². The van der Waals surface area contributed by atoms with Crippen molar-refractivity contribution in [3.05, 3.63) is 34.6 Å². The van der Waals surface area contributed by atoms with Crippen LogP contribution in [0.15, 0.2) is 18.2 Å². The van der Waals surface area contributed by atoms with Crippen LogP contribution >= 0.6 is 11.6 Å². The lowest BCUT2D eigenvalue weighted by molar-refractivity contribution is -0.130. The van der Waals surface area contributed by atoms with Crippen LogP contribution in [0.3, 0.4) is 0 Å². The second-order valence-corrected chi connectivity index (χ2v) is 7.70. The number of rotatable bonds is 3. The zero-order chi connectivity index (χ0) is 18.0. The molecule has 138 valence electrons. The van der Waals surface area contributed by atoms with Crippen molar-refractivity contribution < 1.29 is 9.18 Å². The van der Waals surface area contributed by atoms with Crippen molar-refractivity contribution in [2.24, 2.45) is 0 Å². The molecule has 0 N–H and O–H groups in total. The van der Waals surface area contributed by atoms with Gasteiger partial charge in [0, 0.05) is 56.8 Å². The minimum atomic E-state index is -0.314. The van der Waals surface area contributed by atoms with E-state index in [1.807, 2.05) is 17.9 Å². The molecule has 1 aromatic carbocycles. The molecule has 2 aliphatic rings. The summed E-state index contributed by atoms with van der Waals surface area (Å²) in [5, 5.41) is 0.181. The molecular formula is C19H27ClFN3O. The fourth-order valence-corrected chi connectivity index (χ4v) is 4.35. The normalized spacial score (nSPS) is 26.2. The molecule has 0 bridgehead atoms. The number of amides is 1. The summed E-state index contributed by atoms with van der Waals surface area (Å²) in [5.41, 5.74) is 0.638. The Bertz CT molecular complexity index is 641. The van der Waals surface area contributed by atoms with Gasteiger partial charge in [-0.15, -0.1) is 0 Å². The van der Waals surface area contributed by atoms with Crippen LogP contribution in [0.25, 0.3) is 0 Å². The van der Waals surface area contributed by atoms with E-state index in [9.17, 15) is 9.18 Å². The van der Waals surface area contributed by atoms with Gasteiger partial charge in [0.05, 0.1) is 5.02 Å². The maximum atomic E-state index is 14.3. The quantitative estimate of drug-likeness (QED) is 0.821. The number of hydrogen-bond acceptors (Lipinski definition) is 3. The summed E-state index contributed by atoms with van der Waals surface area (Å²) in [4.78, 5) is 18.9. The van der Waals surface area contributed by atoms with Crippen LogP contribution in [0.1, 0.15) is 31.7 Å². The molecule has 3 rings (SSSR count). The zero-order valence-electron chi connectivity index (χ0n) is 15.1. The van der Waals surface area contributed by atoms with Crippen LogP contribution in [-0.4, -0.2) is 65.9 Å². The molecule has 4 nitrogen and oxygen atoms in total. The highest BCUT2D eigenvalue weighted by molar-refractivity contribution is 6.30. The monoisotopic (exact) mass is 367 g/mol. The Hall–Kier alpha value is -1.17. The smallest absolute Gasteiger partial charge is 0.222 e. The summed E-state index contributed by atoms with van der Waals surface area (Å²) < 4.78 is 14.3. The molecule has 0 aromatic heterocycles. The average Bonchev–Trinajstić information content (AvgIpc) is 2.75. The highest BCUT2D eigenvalue weighted by Gasteiger charge is 2.42. The van der Waals surface area contributed by atoms with Crippen LogP contribution in [0.4, 0.5) is 4.39 Å². The fraction of sp³-hybridized carbons (Fsp3) is 0.632. The van der Waals surface area contributed by atoms with Crippen LogP contribution in [0.2, 0.25) is 5.02 Å². The predicted molar refractivity (Wildman–Crippen MR) is 98.2 cm³/mol. The van der Waals surface area contributed by atoms with Crippen molar-refractivity contribution in [1.82, 2.24) is 14.7 Å². The van der Waals surface area contributed by atoms with E-state index in [-0.39, 0.29) is 22.3 Å². The van der Waals surface area contributed by atoms with Gasteiger partial charge in [-0.1, -0.05) is 23.7 Å². The first kappa shape index (κ1) is 18.6. The Labute approximate surface area is 154 Å². The molecule has 0 aliphatic carbocycles. The van der Waals surface area contributed by atoms with Gasteiger partial charge in [0.2, 0.25) is 5.91 Å². The molecule has 1 spiro atoms. The van der Waals surface area contributed by atoms with Crippen LogP contribution in [0, 0.1) is 5.82 Å². The standard InChI is InChI=1S/C19H27ClFN3O/c1-3-24-10-9-19(8-7-17(24)25)14-23(12-11-22(19)2)13-15-5-4-6-16(20)18(15)21/h4-6H,3,7-14H2,1-2H3/t19-/m1/s1. The molecule has 25 heavy (non-hydrogen) atoms. The van der Waals surface area contributed by atoms with E-state index in [1.54, 1.807) is 12.1 Å². The molecule has 2 heterocycles. The average molecular weight is 368 g/mol. The number of piperazine rings is 1. The van der Waals surface area contributed by atoms with Gasteiger partial charge < -0.3 is 4.90 Å². The van der Waals surface area contributed by atoms with Gasteiger partial charge in [-0.2, -0.15) is 0 Å². The van der Waals surface area contributed by atoms with Crippen molar-refractivity contribution >= 4 is 17.5 Å². The third-order valence-electron chi connectivity index (χ3n) is 5.89. The molecule has 1 amide bonds. The molecule has 1 aromatic rings. The summed E-state index contributed by atoms with van der Waals surface area (Å²) in [6, 6.07) is 5.19.